The molecule has 6 nitrogen and oxygen atoms in total. The van der Waals surface area contributed by atoms with Crippen LogP contribution in [0.1, 0.15) is 12.0 Å². The van der Waals surface area contributed by atoms with Crippen molar-refractivity contribution in [1.29, 1.82) is 0 Å². The van der Waals surface area contributed by atoms with Gasteiger partial charge in [0.25, 0.3) is 11.4 Å². The fraction of sp³-hybridized carbons (Fsp3) is 0.211. The highest BCUT2D eigenvalue weighted by Crippen LogP contribution is 2.34. The van der Waals surface area contributed by atoms with Gasteiger partial charge in [-0.3, -0.25) is 9.78 Å². The predicted octanol–water partition coefficient (Wildman–Crippen LogP) is 3.71. The number of ether oxygens (including phenoxy) is 1. The molecule has 7 heteroatoms. The summed E-state index contributed by atoms with van der Waals surface area (Å²) in [7, 11) is 1.84. The summed E-state index contributed by atoms with van der Waals surface area (Å²) in [5, 5.41) is 6.53. The fourth-order valence-corrected chi connectivity index (χ4v) is 3.09. The van der Waals surface area contributed by atoms with Crippen molar-refractivity contribution >= 4 is 27.3 Å². The van der Waals surface area contributed by atoms with E-state index in [4.69, 9.17) is 4.74 Å². The van der Waals surface area contributed by atoms with Gasteiger partial charge in [0.2, 0.25) is 0 Å². The molecule has 0 aliphatic rings. The molecular formula is C19H19BrN4O2. The van der Waals surface area contributed by atoms with E-state index in [0.29, 0.717) is 22.6 Å². The van der Waals surface area contributed by atoms with Crippen molar-refractivity contribution in [3.8, 4) is 5.88 Å². The van der Waals surface area contributed by atoms with Gasteiger partial charge in [0.15, 0.2) is 0 Å². The van der Waals surface area contributed by atoms with E-state index in [-0.39, 0.29) is 5.56 Å². The van der Waals surface area contributed by atoms with Crippen LogP contribution in [0, 0.1) is 0 Å². The smallest absolute Gasteiger partial charge is 0.280 e. The van der Waals surface area contributed by atoms with Crippen molar-refractivity contribution < 1.29 is 4.74 Å². The van der Waals surface area contributed by atoms with Crippen LogP contribution in [0.15, 0.2) is 64.1 Å². The molecule has 0 bridgehead atoms. The van der Waals surface area contributed by atoms with Crippen LogP contribution in [-0.2, 0) is 6.42 Å². The summed E-state index contributed by atoms with van der Waals surface area (Å²) in [5.41, 5.74) is 2.35. The summed E-state index contributed by atoms with van der Waals surface area (Å²) in [6, 6.07) is 14.0. The maximum Gasteiger partial charge on any atom is 0.280 e. The van der Waals surface area contributed by atoms with E-state index in [0.717, 1.165) is 18.5 Å². The molecule has 1 N–H and O–H groups in total. The van der Waals surface area contributed by atoms with Gasteiger partial charge in [-0.15, -0.1) is 5.10 Å². The maximum absolute atomic E-state index is 12.0. The predicted molar refractivity (Wildman–Crippen MR) is 105 cm³/mol. The lowest BCUT2D eigenvalue weighted by Gasteiger charge is -2.22. The van der Waals surface area contributed by atoms with Gasteiger partial charge in [0, 0.05) is 13.2 Å². The number of nitrogens with one attached hydrogen (secondary N) is 1. The molecule has 0 unspecified atom stereocenters. The van der Waals surface area contributed by atoms with Crippen LogP contribution in [0.2, 0.25) is 0 Å². The molecule has 0 fully saturated rings. The maximum atomic E-state index is 12.0. The Morgan fingerprint density at radius 3 is 2.73 bits per heavy atom. The van der Waals surface area contributed by atoms with Crippen molar-refractivity contribution in [2.24, 2.45) is 0 Å². The monoisotopic (exact) mass is 414 g/mol. The lowest BCUT2D eigenvalue weighted by Crippen LogP contribution is -2.20. The topological polar surface area (TPSA) is 71.1 Å². The minimum absolute atomic E-state index is 0.313. The summed E-state index contributed by atoms with van der Waals surface area (Å²) in [6.07, 6.45) is 5.17. The Balaban J connectivity index is 1.75. The number of aromatic nitrogens is 3. The van der Waals surface area contributed by atoms with Gasteiger partial charge in [0.05, 0.1) is 18.5 Å². The molecule has 0 aliphatic carbocycles. The highest BCUT2D eigenvalue weighted by Gasteiger charge is 2.19. The van der Waals surface area contributed by atoms with Crippen LogP contribution in [0.25, 0.3) is 0 Å². The normalized spacial score (nSPS) is 10.5. The van der Waals surface area contributed by atoms with Gasteiger partial charge < -0.3 is 9.64 Å². The number of nitrogens with zero attached hydrogens (tertiary/aromatic N) is 3. The van der Waals surface area contributed by atoms with Crippen molar-refractivity contribution in [2.75, 3.05) is 18.6 Å². The molecule has 0 saturated heterocycles. The lowest BCUT2D eigenvalue weighted by atomic mass is 10.1. The zero-order valence-electron chi connectivity index (χ0n) is 14.4. The van der Waals surface area contributed by atoms with E-state index in [9.17, 15) is 4.79 Å². The number of aryl methyl sites for hydroxylation is 1. The molecule has 0 amide bonds. The first-order valence-electron chi connectivity index (χ1n) is 8.25. The second-order valence-corrected chi connectivity index (χ2v) is 6.52. The van der Waals surface area contributed by atoms with Crippen LogP contribution < -0.4 is 15.2 Å². The second kappa shape index (κ2) is 8.62. The number of hydrogen-bond donors (Lipinski definition) is 1. The number of halogens is 1. The van der Waals surface area contributed by atoms with Gasteiger partial charge in [-0.1, -0.05) is 30.3 Å². The molecule has 134 valence electrons. The van der Waals surface area contributed by atoms with Gasteiger partial charge in [-0.05, 0) is 46.5 Å². The number of anilines is 2. The summed E-state index contributed by atoms with van der Waals surface area (Å²) in [6.45, 7) is 0.494. The average molecular weight is 415 g/mol. The number of benzene rings is 1. The third-order valence-electron chi connectivity index (χ3n) is 3.93. The van der Waals surface area contributed by atoms with Gasteiger partial charge in [0.1, 0.15) is 10.2 Å². The molecule has 0 aliphatic heterocycles. The minimum Gasteiger partial charge on any atom is -0.475 e. The summed E-state index contributed by atoms with van der Waals surface area (Å²) in [5.74, 6) is 0.371. The molecule has 1 aromatic carbocycles. The van der Waals surface area contributed by atoms with Gasteiger partial charge >= 0.3 is 0 Å². The Morgan fingerprint density at radius 1 is 1.19 bits per heavy atom. The largest absolute Gasteiger partial charge is 0.475 e. The molecule has 2 aromatic heterocycles. The molecule has 0 atom stereocenters. The van der Waals surface area contributed by atoms with Crippen molar-refractivity contribution in [3.63, 3.8) is 0 Å². The zero-order valence-corrected chi connectivity index (χ0v) is 15.9. The standard InChI is InChI=1S/C19H19BrN4O2/c1-24(15-10-5-11-21-13-15)17-16(20)18(25)22-23-19(17)26-12-6-9-14-7-3-2-4-8-14/h2-5,7-8,10-11,13H,6,9,12H2,1H3,(H,22,25). The van der Waals surface area contributed by atoms with E-state index in [1.54, 1.807) is 12.4 Å². The number of pyridine rings is 1. The zero-order chi connectivity index (χ0) is 18.4. The molecule has 26 heavy (non-hydrogen) atoms. The Bertz CT molecular complexity index is 900. The first-order valence-corrected chi connectivity index (χ1v) is 9.05. The lowest BCUT2D eigenvalue weighted by molar-refractivity contribution is 0.296. The highest BCUT2D eigenvalue weighted by atomic mass is 79.9. The second-order valence-electron chi connectivity index (χ2n) is 5.73. The van der Waals surface area contributed by atoms with Crippen LogP contribution in [0.3, 0.4) is 0 Å². The molecular weight excluding hydrogens is 396 g/mol. The Hall–Kier alpha value is -2.67. The number of rotatable bonds is 7. The molecule has 0 saturated carbocycles. The number of H-pyrrole nitrogens is 1. The van der Waals surface area contributed by atoms with E-state index in [1.165, 1.54) is 5.56 Å². The van der Waals surface area contributed by atoms with Crippen molar-refractivity contribution in [1.82, 2.24) is 15.2 Å². The third-order valence-corrected chi connectivity index (χ3v) is 4.66. The van der Waals surface area contributed by atoms with E-state index < -0.39 is 0 Å². The molecule has 0 radical (unpaired) electrons. The highest BCUT2D eigenvalue weighted by molar-refractivity contribution is 9.10. The first-order chi connectivity index (χ1) is 12.7. The first kappa shape index (κ1) is 18.1. The SMILES string of the molecule is CN(c1cccnc1)c1c(OCCCc2ccccc2)n[nH]c(=O)c1Br. The van der Waals surface area contributed by atoms with E-state index in [1.807, 2.05) is 42.3 Å². The Morgan fingerprint density at radius 2 is 2.00 bits per heavy atom. The number of aromatic amines is 1. The van der Waals surface area contributed by atoms with Crippen molar-refractivity contribution in [3.05, 3.63) is 75.2 Å². The molecule has 3 aromatic rings. The van der Waals surface area contributed by atoms with E-state index in [2.05, 4.69) is 43.2 Å². The molecule has 3 rings (SSSR count). The third kappa shape index (κ3) is 4.29. The van der Waals surface area contributed by atoms with Crippen molar-refractivity contribution in [2.45, 2.75) is 12.8 Å². The van der Waals surface area contributed by atoms with Crippen LogP contribution >= 0.6 is 15.9 Å². The summed E-state index contributed by atoms with van der Waals surface area (Å²) < 4.78 is 6.24. The number of hydrogen-bond acceptors (Lipinski definition) is 5. The van der Waals surface area contributed by atoms with Crippen LogP contribution in [0.4, 0.5) is 11.4 Å². The molecule has 0 spiro atoms. The van der Waals surface area contributed by atoms with Crippen LogP contribution in [0.5, 0.6) is 5.88 Å². The van der Waals surface area contributed by atoms with E-state index >= 15 is 0 Å². The molecule has 2 heterocycles. The Labute approximate surface area is 160 Å². The fourth-order valence-electron chi connectivity index (χ4n) is 2.57. The quantitative estimate of drug-likeness (QED) is 0.596. The summed E-state index contributed by atoms with van der Waals surface area (Å²) >= 11 is 3.35. The Kier molecular flexibility index (Phi) is 6.01. The average Bonchev–Trinajstić information content (AvgIpc) is 2.69. The van der Waals surface area contributed by atoms with Gasteiger partial charge in [-0.2, -0.15) is 0 Å². The van der Waals surface area contributed by atoms with Crippen LogP contribution in [-0.4, -0.2) is 28.8 Å². The van der Waals surface area contributed by atoms with Gasteiger partial charge in [-0.25, -0.2) is 5.10 Å². The summed E-state index contributed by atoms with van der Waals surface area (Å²) in [4.78, 5) is 17.9. The minimum atomic E-state index is -0.313.